The molecule has 1 fully saturated rings. The van der Waals surface area contributed by atoms with Gasteiger partial charge in [-0.15, -0.1) is 0 Å². The SMILES string of the molecule is CCCC1CCC(CCCOc2ccc(-c3c(C(=O)O)ccc(OC)c3F)cc2)CC1. The van der Waals surface area contributed by atoms with Gasteiger partial charge in [-0.1, -0.05) is 57.6 Å². The molecule has 0 unspecified atom stereocenters. The van der Waals surface area contributed by atoms with Gasteiger partial charge in [-0.05, 0) is 54.5 Å². The minimum atomic E-state index is -1.18. The predicted octanol–water partition coefficient (Wildman–Crippen LogP) is 6.97. The highest BCUT2D eigenvalue weighted by molar-refractivity contribution is 5.96. The first-order chi connectivity index (χ1) is 15.0. The Kier molecular flexibility index (Phi) is 8.33. The van der Waals surface area contributed by atoms with E-state index in [2.05, 4.69) is 6.92 Å². The maximum Gasteiger partial charge on any atom is 0.336 e. The quantitative estimate of drug-likeness (QED) is 0.415. The Balaban J connectivity index is 1.54. The summed E-state index contributed by atoms with van der Waals surface area (Å²) in [5, 5.41) is 9.43. The molecule has 168 valence electrons. The summed E-state index contributed by atoms with van der Waals surface area (Å²) in [5.41, 5.74) is 0.405. The van der Waals surface area contributed by atoms with Crippen LogP contribution in [-0.4, -0.2) is 24.8 Å². The van der Waals surface area contributed by atoms with E-state index >= 15 is 0 Å². The van der Waals surface area contributed by atoms with E-state index in [1.807, 2.05) is 0 Å². The molecule has 4 nitrogen and oxygen atoms in total. The first kappa shape index (κ1) is 23.1. The third-order valence-electron chi connectivity index (χ3n) is 6.39. The Morgan fingerprint density at radius 3 is 2.26 bits per heavy atom. The van der Waals surface area contributed by atoms with Crippen molar-refractivity contribution in [3.8, 4) is 22.6 Å². The van der Waals surface area contributed by atoms with Gasteiger partial charge in [0.2, 0.25) is 0 Å². The van der Waals surface area contributed by atoms with Crippen molar-refractivity contribution in [1.82, 2.24) is 0 Å². The lowest BCUT2D eigenvalue weighted by Gasteiger charge is -2.28. The van der Waals surface area contributed by atoms with Crippen molar-refractivity contribution in [2.45, 2.75) is 58.3 Å². The first-order valence-corrected chi connectivity index (χ1v) is 11.4. The van der Waals surface area contributed by atoms with Gasteiger partial charge in [-0.3, -0.25) is 0 Å². The van der Waals surface area contributed by atoms with Crippen LogP contribution < -0.4 is 9.47 Å². The lowest BCUT2D eigenvalue weighted by atomic mass is 9.78. The lowest BCUT2D eigenvalue weighted by Crippen LogP contribution is -2.15. The molecule has 1 aliphatic carbocycles. The van der Waals surface area contributed by atoms with Gasteiger partial charge in [0, 0.05) is 5.56 Å². The van der Waals surface area contributed by atoms with Crippen LogP contribution in [0.5, 0.6) is 11.5 Å². The van der Waals surface area contributed by atoms with Gasteiger partial charge in [-0.2, -0.15) is 0 Å². The Bertz CT molecular complexity index is 854. The average Bonchev–Trinajstić information content (AvgIpc) is 2.78. The standard InChI is InChI=1S/C26H33FO4/c1-3-5-18-7-9-19(10-8-18)6-4-17-31-21-13-11-20(12-14-21)24-22(26(28)29)15-16-23(30-2)25(24)27/h11-16,18-19H,3-10,17H2,1-2H3,(H,28,29). The maximum atomic E-state index is 14.8. The van der Waals surface area contributed by atoms with Gasteiger partial charge < -0.3 is 14.6 Å². The topological polar surface area (TPSA) is 55.8 Å². The summed E-state index contributed by atoms with van der Waals surface area (Å²) in [6.07, 6.45) is 10.3. The maximum absolute atomic E-state index is 14.8. The van der Waals surface area contributed by atoms with E-state index < -0.39 is 11.8 Å². The van der Waals surface area contributed by atoms with Crippen LogP contribution in [0.3, 0.4) is 0 Å². The van der Waals surface area contributed by atoms with Crippen molar-refractivity contribution >= 4 is 5.97 Å². The molecule has 2 aromatic rings. The molecule has 1 N–H and O–H groups in total. The molecule has 0 amide bonds. The summed E-state index contributed by atoms with van der Waals surface area (Å²) in [4.78, 5) is 11.5. The van der Waals surface area contributed by atoms with Gasteiger partial charge in [0.1, 0.15) is 5.75 Å². The molecule has 1 aliphatic rings. The minimum Gasteiger partial charge on any atom is -0.494 e. The molecule has 0 bridgehead atoms. The zero-order valence-electron chi connectivity index (χ0n) is 18.5. The number of carboxylic acids is 1. The number of halogens is 1. The molecule has 0 aliphatic heterocycles. The smallest absolute Gasteiger partial charge is 0.336 e. The van der Waals surface area contributed by atoms with Crippen molar-refractivity contribution < 1.29 is 23.8 Å². The molecule has 1 saturated carbocycles. The van der Waals surface area contributed by atoms with Crippen molar-refractivity contribution in [3.05, 3.63) is 47.8 Å². The van der Waals surface area contributed by atoms with E-state index in [4.69, 9.17) is 9.47 Å². The fourth-order valence-electron chi connectivity index (χ4n) is 4.67. The summed E-state index contributed by atoms with van der Waals surface area (Å²) in [6.45, 7) is 2.93. The number of benzene rings is 2. The van der Waals surface area contributed by atoms with E-state index in [0.717, 1.165) is 18.3 Å². The van der Waals surface area contributed by atoms with Crippen molar-refractivity contribution in [3.63, 3.8) is 0 Å². The molecule has 5 heteroatoms. The highest BCUT2D eigenvalue weighted by Crippen LogP contribution is 2.35. The monoisotopic (exact) mass is 428 g/mol. The fourth-order valence-corrected chi connectivity index (χ4v) is 4.67. The molecule has 0 spiro atoms. The van der Waals surface area contributed by atoms with Crippen molar-refractivity contribution in [1.29, 1.82) is 0 Å². The third kappa shape index (κ3) is 5.99. The molecule has 31 heavy (non-hydrogen) atoms. The molecular formula is C26H33FO4. The van der Waals surface area contributed by atoms with Crippen molar-refractivity contribution in [2.75, 3.05) is 13.7 Å². The highest BCUT2D eigenvalue weighted by atomic mass is 19.1. The van der Waals surface area contributed by atoms with Crippen LogP contribution in [0.4, 0.5) is 4.39 Å². The van der Waals surface area contributed by atoms with Gasteiger partial charge in [0.25, 0.3) is 0 Å². The second kappa shape index (κ2) is 11.2. The molecule has 3 rings (SSSR count). The van der Waals surface area contributed by atoms with E-state index in [1.54, 1.807) is 24.3 Å². The van der Waals surface area contributed by atoms with E-state index in [0.29, 0.717) is 17.9 Å². The number of methoxy groups -OCH3 is 1. The van der Waals surface area contributed by atoms with E-state index in [1.165, 1.54) is 64.2 Å². The molecule has 2 aromatic carbocycles. The fraction of sp³-hybridized carbons (Fsp3) is 0.500. The van der Waals surface area contributed by atoms with Crippen LogP contribution in [0, 0.1) is 17.7 Å². The van der Waals surface area contributed by atoms with E-state index in [9.17, 15) is 14.3 Å². The summed E-state index contributed by atoms with van der Waals surface area (Å²) in [6, 6.07) is 9.59. The van der Waals surface area contributed by atoms with Crippen molar-refractivity contribution in [2.24, 2.45) is 11.8 Å². The van der Waals surface area contributed by atoms with Gasteiger partial charge >= 0.3 is 5.97 Å². The van der Waals surface area contributed by atoms with Gasteiger partial charge in [-0.25, -0.2) is 9.18 Å². The zero-order chi connectivity index (χ0) is 22.2. The first-order valence-electron chi connectivity index (χ1n) is 11.4. The highest BCUT2D eigenvalue weighted by Gasteiger charge is 2.21. The van der Waals surface area contributed by atoms with Crippen LogP contribution in [0.1, 0.15) is 68.6 Å². The minimum absolute atomic E-state index is 0.0176. The number of hydrogen-bond donors (Lipinski definition) is 1. The molecular weight excluding hydrogens is 395 g/mol. The van der Waals surface area contributed by atoms with Crippen LogP contribution >= 0.6 is 0 Å². The zero-order valence-corrected chi connectivity index (χ0v) is 18.5. The normalized spacial score (nSPS) is 18.5. The van der Waals surface area contributed by atoms with E-state index in [-0.39, 0.29) is 16.9 Å². The summed E-state index contributed by atoms with van der Waals surface area (Å²) < 4.78 is 25.6. The number of ether oxygens (including phenoxy) is 2. The predicted molar refractivity (Wildman–Crippen MR) is 120 cm³/mol. The summed E-state index contributed by atoms with van der Waals surface area (Å²) in [7, 11) is 1.36. The largest absolute Gasteiger partial charge is 0.494 e. The van der Waals surface area contributed by atoms with Crippen LogP contribution in [0.25, 0.3) is 11.1 Å². The molecule has 0 saturated heterocycles. The Labute approximate surface area is 184 Å². The lowest BCUT2D eigenvalue weighted by molar-refractivity contribution is 0.0697. The molecule has 0 radical (unpaired) electrons. The summed E-state index contributed by atoms with van der Waals surface area (Å²) >= 11 is 0. The van der Waals surface area contributed by atoms with Crippen LogP contribution in [0.2, 0.25) is 0 Å². The molecule has 0 atom stereocenters. The molecule has 0 heterocycles. The number of carboxylic acid groups (broad SMARTS) is 1. The van der Waals surface area contributed by atoms with Gasteiger partial charge in [0.15, 0.2) is 11.6 Å². The van der Waals surface area contributed by atoms with Crippen LogP contribution in [0.15, 0.2) is 36.4 Å². The second-order valence-electron chi connectivity index (χ2n) is 8.50. The Hall–Kier alpha value is -2.56. The third-order valence-corrected chi connectivity index (χ3v) is 6.39. The Morgan fingerprint density at radius 2 is 1.68 bits per heavy atom. The summed E-state index contributed by atoms with van der Waals surface area (Å²) in [5.74, 6) is 0.626. The number of hydrogen-bond acceptors (Lipinski definition) is 3. The second-order valence-corrected chi connectivity index (χ2v) is 8.50. The molecule has 0 aromatic heterocycles. The number of carbonyl (C=O) groups is 1. The average molecular weight is 429 g/mol. The van der Waals surface area contributed by atoms with Crippen LogP contribution in [-0.2, 0) is 0 Å². The Morgan fingerprint density at radius 1 is 1.03 bits per heavy atom. The van der Waals surface area contributed by atoms with Gasteiger partial charge in [0.05, 0.1) is 19.3 Å². The number of aromatic carboxylic acids is 1. The number of rotatable bonds is 10.